The highest BCUT2D eigenvalue weighted by Crippen LogP contribution is 2.26. The van der Waals surface area contributed by atoms with Crippen molar-refractivity contribution in [1.82, 2.24) is 4.98 Å². The second-order valence-electron chi connectivity index (χ2n) is 4.87. The van der Waals surface area contributed by atoms with Crippen LogP contribution in [0.3, 0.4) is 0 Å². The zero-order chi connectivity index (χ0) is 13.1. The van der Waals surface area contributed by atoms with Crippen molar-refractivity contribution in [3.63, 3.8) is 0 Å². The third kappa shape index (κ3) is 2.55. The summed E-state index contributed by atoms with van der Waals surface area (Å²) in [5.41, 5.74) is 11.9. The molecule has 2 rings (SSSR count). The first-order valence-corrected chi connectivity index (χ1v) is 6.42. The fourth-order valence-corrected chi connectivity index (χ4v) is 2.50. The molecule has 1 fully saturated rings. The predicted octanol–water partition coefficient (Wildman–Crippen LogP) is 1.39. The van der Waals surface area contributed by atoms with Crippen molar-refractivity contribution in [3.05, 3.63) is 17.8 Å². The molecule has 0 bridgehead atoms. The fourth-order valence-electron chi connectivity index (χ4n) is 2.50. The first-order chi connectivity index (χ1) is 8.61. The monoisotopic (exact) mass is 248 g/mol. The van der Waals surface area contributed by atoms with Gasteiger partial charge in [0.05, 0.1) is 17.4 Å². The Balaban J connectivity index is 2.29. The van der Waals surface area contributed by atoms with Crippen LogP contribution in [-0.2, 0) is 0 Å². The van der Waals surface area contributed by atoms with Gasteiger partial charge >= 0.3 is 0 Å². The Hall–Kier alpha value is -1.78. The summed E-state index contributed by atoms with van der Waals surface area (Å²) in [7, 11) is 0. The topological polar surface area (TPSA) is 85.2 Å². The van der Waals surface area contributed by atoms with Gasteiger partial charge in [-0.25, -0.2) is 4.98 Å². The van der Waals surface area contributed by atoms with Gasteiger partial charge in [-0.2, -0.15) is 0 Å². The van der Waals surface area contributed by atoms with E-state index in [-0.39, 0.29) is 0 Å². The summed E-state index contributed by atoms with van der Waals surface area (Å²) in [6.07, 6.45) is 5.10. The van der Waals surface area contributed by atoms with Crippen molar-refractivity contribution in [2.75, 3.05) is 23.7 Å². The zero-order valence-electron chi connectivity index (χ0n) is 10.7. The van der Waals surface area contributed by atoms with E-state index in [1.807, 2.05) is 0 Å². The molecule has 0 spiro atoms. The second kappa shape index (κ2) is 5.25. The summed E-state index contributed by atoms with van der Waals surface area (Å²) < 4.78 is 0. The third-order valence-corrected chi connectivity index (χ3v) is 3.55. The van der Waals surface area contributed by atoms with Gasteiger partial charge in [0.25, 0.3) is 5.91 Å². The van der Waals surface area contributed by atoms with Gasteiger partial charge in [0.1, 0.15) is 5.82 Å². The molecule has 1 atom stereocenters. The molecule has 1 aromatic rings. The lowest BCUT2D eigenvalue weighted by Gasteiger charge is -2.34. The lowest BCUT2D eigenvalue weighted by molar-refractivity contribution is 0.100. The molecular formula is C13H20N4O. The molecule has 5 heteroatoms. The molecule has 1 aliphatic rings. The first kappa shape index (κ1) is 12.7. The fraction of sp³-hybridized carbons (Fsp3) is 0.538. The van der Waals surface area contributed by atoms with Crippen molar-refractivity contribution in [3.8, 4) is 0 Å². The summed E-state index contributed by atoms with van der Waals surface area (Å²) in [6.45, 7) is 4.06. The Morgan fingerprint density at radius 2 is 2.39 bits per heavy atom. The second-order valence-corrected chi connectivity index (χ2v) is 4.87. The lowest BCUT2D eigenvalue weighted by Crippen LogP contribution is -2.37. The van der Waals surface area contributed by atoms with Gasteiger partial charge in [-0.1, -0.05) is 13.3 Å². The summed E-state index contributed by atoms with van der Waals surface area (Å²) in [6, 6.07) is 1.61. The number of nitrogens with zero attached hydrogens (tertiary/aromatic N) is 2. The number of rotatable bonds is 3. The minimum atomic E-state index is -0.469. The number of nitrogen functional groups attached to an aromatic ring is 1. The van der Waals surface area contributed by atoms with Crippen LogP contribution in [0.2, 0.25) is 0 Å². The Bertz CT molecular complexity index is 447. The van der Waals surface area contributed by atoms with Crippen molar-refractivity contribution in [2.45, 2.75) is 26.2 Å². The number of anilines is 2. The normalized spacial score (nSPS) is 19.8. The van der Waals surface area contributed by atoms with Gasteiger partial charge in [0.15, 0.2) is 0 Å². The molecule has 18 heavy (non-hydrogen) atoms. The Labute approximate surface area is 107 Å². The number of carbonyl (C=O) groups excluding carboxylic acids is 1. The van der Waals surface area contributed by atoms with E-state index in [4.69, 9.17) is 11.5 Å². The molecule has 0 aliphatic carbocycles. The van der Waals surface area contributed by atoms with Crippen LogP contribution in [0.15, 0.2) is 12.3 Å². The molecule has 1 saturated heterocycles. The van der Waals surface area contributed by atoms with Crippen molar-refractivity contribution in [2.24, 2.45) is 11.7 Å². The predicted molar refractivity (Wildman–Crippen MR) is 72.4 cm³/mol. The third-order valence-electron chi connectivity index (χ3n) is 3.55. The van der Waals surface area contributed by atoms with E-state index >= 15 is 0 Å². The van der Waals surface area contributed by atoms with Crippen LogP contribution in [0, 0.1) is 5.92 Å². The van der Waals surface area contributed by atoms with Crippen LogP contribution >= 0.6 is 0 Å². The number of hydrogen-bond acceptors (Lipinski definition) is 4. The number of amides is 1. The maximum Gasteiger partial charge on any atom is 0.252 e. The molecule has 5 nitrogen and oxygen atoms in total. The minimum absolute atomic E-state index is 0.423. The molecule has 1 aliphatic heterocycles. The van der Waals surface area contributed by atoms with Gasteiger partial charge in [-0.15, -0.1) is 0 Å². The van der Waals surface area contributed by atoms with Crippen molar-refractivity contribution < 1.29 is 4.79 Å². The number of carbonyl (C=O) groups is 1. The van der Waals surface area contributed by atoms with Gasteiger partial charge in [-0.05, 0) is 24.8 Å². The minimum Gasteiger partial charge on any atom is -0.397 e. The number of aromatic nitrogens is 1. The van der Waals surface area contributed by atoms with Crippen molar-refractivity contribution >= 4 is 17.4 Å². The first-order valence-electron chi connectivity index (χ1n) is 6.42. The molecule has 98 valence electrons. The Morgan fingerprint density at radius 3 is 3.06 bits per heavy atom. The van der Waals surface area contributed by atoms with E-state index in [1.165, 1.54) is 6.42 Å². The molecule has 2 heterocycles. The van der Waals surface area contributed by atoms with Crippen LogP contribution in [0.25, 0.3) is 0 Å². The van der Waals surface area contributed by atoms with E-state index < -0.39 is 5.91 Å². The summed E-state index contributed by atoms with van der Waals surface area (Å²) in [5.74, 6) is 0.872. The average molecular weight is 248 g/mol. The Kier molecular flexibility index (Phi) is 3.69. The van der Waals surface area contributed by atoms with Crippen LogP contribution in [0.5, 0.6) is 0 Å². The molecule has 0 aromatic carbocycles. The lowest BCUT2D eigenvalue weighted by atomic mass is 9.95. The smallest absolute Gasteiger partial charge is 0.252 e. The molecule has 4 N–H and O–H groups in total. The standard InChI is InChI=1S/C13H20N4O/c1-2-9-4-3-5-17(8-9)13-11(12(15)18)6-10(14)7-16-13/h6-7,9H,2-5,8,14H2,1H3,(H2,15,18). The maximum absolute atomic E-state index is 11.5. The Morgan fingerprint density at radius 1 is 1.61 bits per heavy atom. The van der Waals surface area contributed by atoms with Gasteiger partial charge in [0.2, 0.25) is 0 Å². The van der Waals surface area contributed by atoms with E-state index in [1.54, 1.807) is 12.3 Å². The summed E-state index contributed by atoms with van der Waals surface area (Å²) >= 11 is 0. The number of pyridine rings is 1. The number of nitrogens with two attached hydrogens (primary N) is 2. The van der Waals surface area contributed by atoms with Gasteiger partial charge in [-0.3, -0.25) is 4.79 Å². The summed E-state index contributed by atoms with van der Waals surface area (Å²) in [5, 5.41) is 0. The van der Waals surface area contributed by atoms with Crippen molar-refractivity contribution in [1.29, 1.82) is 0 Å². The highest BCUT2D eigenvalue weighted by Gasteiger charge is 2.23. The number of piperidine rings is 1. The zero-order valence-corrected chi connectivity index (χ0v) is 10.7. The molecule has 1 amide bonds. The quantitative estimate of drug-likeness (QED) is 0.846. The van der Waals surface area contributed by atoms with Gasteiger partial charge < -0.3 is 16.4 Å². The highest BCUT2D eigenvalue weighted by atomic mass is 16.1. The SMILES string of the molecule is CCC1CCCN(c2ncc(N)cc2C(N)=O)C1. The number of primary amides is 1. The van der Waals surface area contributed by atoms with E-state index in [2.05, 4.69) is 16.8 Å². The molecule has 0 radical (unpaired) electrons. The van der Waals surface area contributed by atoms with E-state index in [0.29, 0.717) is 23.0 Å². The molecule has 0 saturated carbocycles. The van der Waals surface area contributed by atoms with Crippen LogP contribution in [0.1, 0.15) is 36.5 Å². The van der Waals surface area contributed by atoms with Crippen LogP contribution in [-0.4, -0.2) is 24.0 Å². The van der Waals surface area contributed by atoms with E-state index in [0.717, 1.165) is 25.9 Å². The van der Waals surface area contributed by atoms with E-state index in [9.17, 15) is 4.79 Å². The molecule has 1 aromatic heterocycles. The maximum atomic E-state index is 11.5. The number of hydrogen-bond donors (Lipinski definition) is 2. The van der Waals surface area contributed by atoms with Crippen LogP contribution in [0.4, 0.5) is 11.5 Å². The molecular weight excluding hydrogens is 228 g/mol. The summed E-state index contributed by atoms with van der Waals surface area (Å²) in [4.78, 5) is 17.9. The average Bonchev–Trinajstić information content (AvgIpc) is 2.38. The van der Waals surface area contributed by atoms with Gasteiger partial charge in [0, 0.05) is 13.1 Å². The van der Waals surface area contributed by atoms with Crippen LogP contribution < -0.4 is 16.4 Å². The highest BCUT2D eigenvalue weighted by molar-refractivity contribution is 5.98. The largest absolute Gasteiger partial charge is 0.397 e. The molecule has 1 unspecified atom stereocenters.